The van der Waals surface area contributed by atoms with Gasteiger partial charge in [0.25, 0.3) is 0 Å². The highest BCUT2D eigenvalue weighted by Crippen LogP contribution is 2.27. The summed E-state index contributed by atoms with van der Waals surface area (Å²) in [5.41, 5.74) is 8.84. The summed E-state index contributed by atoms with van der Waals surface area (Å²) in [5, 5.41) is 0. The molecule has 2 aromatic rings. The fraction of sp³-hybridized carbons (Fsp3) is 0.200. The molecule has 1 heterocycles. The molecule has 4 nitrogen and oxygen atoms in total. The maximum atomic E-state index is 12.6. The van der Waals surface area contributed by atoms with Gasteiger partial charge in [0.1, 0.15) is 11.4 Å². The van der Waals surface area contributed by atoms with Gasteiger partial charge in [-0.3, -0.25) is 9.78 Å². The topological polar surface area (TPSA) is 65.2 Å². The molecule has 0 atom stereocenters. The summed E-state index contributed by atoms with van der Waals surface area (Å²) in [6, 6.07) is 7.13. The van der Waals surface area contributed by atoms with Crippen LogP contribution in [-0.4, -0.2) is 17.9 Å². The number of hydrogen-bond donors (Lipinski definition) is 1. The molecule has 0 aliphatic heterocycles. The Labute approximate surface area is 112 Å². The number of methoxy groups -OCH3 is 1. The van der Waals surface area contributed by atoms with Crippen molar-refractivity contribution in [2.75, 3.05) is 12.8 Å². The highest BCUT2D eigenvalue weighted by Gasteiger charge is 2.20. The molecule has 0 amide bonds. The van der Waals surface area contributed by atoms with Gasteiger partial charge in [0.15, 0.2) is 0 Å². The monoisotopic (exact) mass is 256 g/mol. The number of hydrogen-bond acceptors (Lipinski definition) is 4. The van der Waals surface area contributed by atoms with E-state index >= 15 is 0 Å². The molecule has 1 aromatic carbocycles. The van der Waals surface area contributed by atoms with Crippen LogP contribution in [0.25, 0.3) is 0 Å². The van der Waals surface area contributed by atoms with E-state index in [1.807, 2.05) is 26.0 Å². The molecule has 0 bridgehead atoms. The maximum Gasteiger partial charge on any atom is 0.217 e. The number of anilines is 1. The van der Waals surface area contributed by atoms with Crippen LogP contribution in [0, 0.1) is 13.8 Å². The Balaban J connectivity index is 2.59. The fourth-order valence-corrected chi connectivity index (χ4v) is 2.11. The quantitative estimate of drug-likeness (QED) is 0.857. The number of ether oxygens (including phenoxy) is 1. The van der Waals surface area contributed by atoms with Crippen molar-refractivity contribution in [1.82, 2.24) is 4.98 Å². The van der Waals surface area contributed by atoms with Gasteiger partial charge in [0, 0.05) is 6.20 Å². The minimum Gasteiger partial charge on any atom is -0.496 e. The van der Waals surface area contributed by atoms with E-state index < -0.39 is 0 Å². The first-order valence-corrected chi connectivity index (χ1v) is 5.95. The number of aromatic nitrogens is 1. The minimum absolute atomic E-state index is 0.215. The second-order valence-corrected chi connectivity index (χ2v) is 4.43. The molecule has 0 aliphatic rings. The number of aryl methyl sites for hydroxylation is 2. The van der Waals surface area contributed by atoms with Crippen molar-refractivity contribution < 1.29 is 9.53 Å². The zero-order chi connectivity index (χ0) is 14.0. The lowest BCUT2D eigenvalue weighted by molar-refractivity contribution is 0.103. The van der Waals surface area contributed by atoms with E-state index in [2.05, 4.69) is 4.98 Å². The summed E-state index contributed by atoms with van der Waals surface area (Å²) in [6.45, 7) is 3.83. The summed E-state index contributed by atoms with van der Waals surface area (Å²) >= 11 is 0. The Bertz CT molecular complexity index is 636. The first-order valence-electron chi connectivity index (χ1n) is 5.95. The first kappa shape index (κ1) is 13.1. The number of pyridine rings is 1. The Morgan fingerprint density at radius 2 is 2.05 bits per heavy atom. The molecule has 0 radical (unpaired) electrons. The van der Waals surface area contributed by atoms with Crippen LogP contribution in [-0.2, 0) is 0 Å². The minimum atomic E-state index is -0.215. The number of nitrogens with two attached hydrogens (primary N) is 1. The van der Waals surface area contributed by atoms with Gasteiger partial charge >= 0.3 is 0 Å². The van der Waals surface area contributed by atoms with Gasteiger partial charge < -0.3 is 10.5 Å². The second kappa shape index (κ2) is 5.10. The largest absolute Gasteiger partial charge is 0.496 e. The van der Waals surface area contributed by atoms with Crippen molar-refractivity contribution >= 4 is 11.5 Å². The molecular formula is C15H16N2O2. The van der Waals surface area contributed by atoms with Crippen molar-refractivity contribution in [1.29, 1.82) is 0 Å². The van der Waals surface area contributed by atoms with E-state index in [1.54, 1.807) is 25.4 Å². The standard InChI is InChI=1S/C15H16N2O2/c1-9-7-10(2)13(12(8-9)19-3)15(18)14-11(16)5-4-6-17-14/h4-8H,16H2,1-3H3. The molecule has 0 aliphatic carbocycles. The molecule has 0 spiro atoms. The van der Waals surface area contributed by atoms with Gasteiger partial charge in [-0.25, -0.2) is 0 Å². The summed E-state index contributed by atoms with van der Waals surface area (Å²) in [4.78, 5) is 16.6. The van der Waals surface area contributed by atoms with Gasteiger partial charge in [0.05, 0.1) is 18.4 Å². The van der Waals surface area contributed by atoms with E-state index in [4.69, 9.17) is 10.5 Å². The van der Waals surface area contributed by atoms with Gasteiger partial charge in [-0.05, 0) is 43.2 Å². The van der Waals surface area contributed by atoms with Crippen LogP contribution in [0.3, 0.4) is 0 Å². The van der Waals surface area contributed by atoms with Crippen LogP contribution in [0.2, 0.25) is 0 Å². The average molecular weight is 256 g/mol. The van der Waals surface area contributed by atoms with Crippen LogP contribution in [0.5, 0.6) is 5.75 Å². The Hall–Kier alpha value is -2.36. The number of ketones is 1. The third-order valence-electron chi connectivity index (χ3n) is 2.94. The van der Waals surface area contributed by atoms with E-state index in [0.29, 0.717) is 17.0 Å². The normalized spacial score (nSPS) is 10.3. The second-order valence-electron chi connectivity index (χ2n) is 4.43. The Kier molecular flexibility index (Phi) is 3.51. The third kappa shape index (κ3) is 2.42. The Morgan fingerprint density at radius 1 is 1.32 bits per heavy atom. The summed E-state index contributed by atoms with van der Waals surface area (Å²) in [7, 11) is 1.55. The van der Waals surface area contributed by atoms with Crippen molar-refractivity contribution in [2.45, 2.75) is 13.8 Å². The molecule has 2 N–H and O–H groups in total. The zero-order valence-corrected chi connectivity index (χ0v) is 11.2. The lowest BCUT2D eigenvalue weighted by atomic mass is 9.98. The predicted molar refractivity (Wildman–Crippen MR) is 74.5 cm³/mol. The van der Waals surface area contributed by atoms with Crippen molar-refractivity contribution in [3.05, 3.63) is 52.8 Å². The zero-order valence-electron chi connectivity index (χ0n) is 11.2. The van der Waals surface area contributed by atoms with E-state index in [1.165, 1.54) is 0 Å². The summed E-state index contributed by atoms with van der Waals surface area (Å²) in [6.07, 6.45) is 1.56. The van der Waals surface area contributed by atoms with Crippen molar-refractivity contribution in [2.24, 2.45) is 0 Å². The van der Waals surface area contributed by atoms with Crippen LogP contribution < -0.4 is 10.5 Å². The number of nitrogen functional groups attached to an aromatic ring is 1. The van der Waals surface area contributed by atoms with E-state index in [0.717, 1.165) is 11.1 Å². The highest BCUT2D eigenvalue weighted by atomic mass is 16.5. The SMILES string of the molecule is COc1cc(C)cc(C)c1C(=O)c1ncccc1N. The van der Waals surface area contributed by atoms with E-state index in [-0.39, 0.29) is 11.5 Å². The van der Waals surface area contributed by atoms with Gasteiger partial charge in [0.2, 0.25) is 5.78 Å². The lowest BCUT2D eigenvalue weighted by Gasteiger charge is -2.12. The molecular weight excluding hydrogens is 240 g/mol. The number of nitrogens with zero attached hydrogens (tertiary/aromatic N) is 1. The number of carbonyl (C=O) groups excluding carboxylic acids is 1. The summed E-state index contributed by atoms with van der Waals surface area (Å²) < 4.78 is 5.30. The smallest absolute Gasteiger partial charge is 0.217 e. The third-order valence-corrected chi connectivity index (χ3v) is 2.94. The fourth-order valence-electron chi connectivity index (χ4n) is 2.11. The van der Waals surface area contributed by atoms with Crippen molar-refractivity contribution in [3.63, 3.8) is 0 Å². The molecule has 0 unspecified atom stereocenters. The molecule has 2 rings (SSSR count). The summed E-state index contributed by atoms with van der Waals surface area (Å²) in [5.74, 6) is 0.333. The predicted octanol–water partition coefficient (Wildman–Crippen LogP) is 2.52. The van der Waals surface area contributed by atoms with Gasteiger partial charge in [-0.2, -0.15) is 0 Å². The van der Waals surface area contributed by atoms with E-state index in [9.17, 15) is 4.79 Å². The Morgan fingerprint density at radius 3 is 2.68 bits per heavy atom. The molecule has 19 heavy (non-hydrogen) atoms. The van der Waals surface area contributed by atoms with Crippen LogP contribution in [0.4, 0.5) is 5.69 Å². The van der Waals surface area contributed by atoms with Crippen molar-refractivity contribution in [3.8, 4) is 5.75 Å². The number of carbonyl (C=O) groups is 1. The molecule has 4 heteroatoms. The molecule has 0 fully saturated rings. The molecule has 98 valence electrons. The number of benzene rings is 1. The number of rotatable bonds is 3. The maximum absolute atomic E-state index is 12.6. The average Bonchev–Trinajstić information content (AvgIpc) is 2.37. The van der Waals surface area contributed by atoms with Gasteiger partial charge in [-0.1, -0.05) is 6.07 Å². The van der Waals surface area contributed by atoms with Gasteiger partial charge in [-0.15, -0.1) is 0 Å². The molecule has 0 saturated carbocycles. The van der Waals surface area contributed by atoms with Crippen LogP contribution >= 0.6 is 0 Å². The highest BCUT2D eigenvalue weighted by molar-refractivity contribution is 6.13. The van der Waals surface area contributed by atoms with Crippen LogP contribution in [0.15, 0.2) is 30.5 Å². The lowest BCUT2D eigenvalue weighted by Crippen LogP contribution is -2.11. The molecule has 0 saturated heterocycles. The first-order chi connectivity index (χ1) is 9.04. The van der Waals surface area contributed by atoms with Crippen LogP contribution in [0.1, 0.15) is 27.2 Å². The molecule has 1 aromatic heterocycles.